The molecule has 0 spiro atoms. The average Bonchev–Trinajstić information content (AvgIpc) is 2.60. The van der Waals surface area contributed by atoms with E-state index >= 15 is 0 Å². The van der Waals surface area contributed by atoms with Gasteiger partial charge in [-0.1, -0.05) is 11.6 Å². The molecule has 1 aromatic heterocycles. The maximum Gasteiger partial charge on any atom is 0.307 e. The fourth-order valence-corrected chi connectivity index (χ4v) is 2.36. The van der Waals surface area contributed by atoms with Crippen molar-refractivity contribution < 1.29 is 17.1 Å². The lowest BCUT2D eigenvalue weighted by Gasteiger charge is -2.13. The van der Waals surface area contributed by atoms with Gasteiger partial charge >= 0.3 is 10.2 Å². The smallest absolute Gasteiger partial charge is 0.294 e. The van der Waals surface area contributed by atoms with Crippen LogP contribution in [-0.2, 0) is 15.0 Å². The summed E-state index contributed by atoms with van der Waals surface area (Å²) in [5.41, 5.74) is 0. The number of halogens is 2. The topological polar surface area (TPSA) is 80.2 Å². The highest BCUT2D eigenvalue weighted by Crippen LogP contribution is 2.24. The first-order valence-electron chi connectivity index (χ1n) is 4.59. The molecule has 1 aliphatic heterocycles. The summed E-state index contributed by atoms with van der Waals surface area (Å²) >= 11 is 5.59. The number of hydrogen-bond acceptors (Lipinski definition) is 5. The molecule has 1 atom stereocenters. The van der Waals surface area contributed by atoms with Crippen LogP contribution in [0.1, 0.15) is 6.42 Å². The van der Waals surface area contributed by atoms with Crippen LogP contribution in [0.3, 0.4) is 0 Å². The van der Waals surface area contributed by atoms with Gasteiger partial charge in [-0.3, -0.25) is 14.7 Å². The molecule has 1 unspecified atom stereocenters. The van der Waals surface area contributed by atoms with E-state index in [0.29, 0.717) is 0 Å². The summed E-state index contributed by atoms with van der Waals surface area (Å²) in [6.45, 7) is -0.271. The molecule has 0 N–H and O–H groups in total. The molecule has 1 fully saturated rings. The summed E-state index contributed by atoms with van der Waals surface area (Å²) in [6, 6.07) is 0. The average molecular weight is 280 g/mol. The quantitative estimate of drug-likeness (QED) is 0.738. The van der Waals surface area contributed by atoms with Crippen molar-refractivity contribution in [3.05, 3.63) is 17.5 Å². The standard InChI is InChI=1S/C8H7ClFN3O3S/c9-6-2-11-3-7(12-6)13-4-5(1-8(13)14)17(10,15)16/h2-3,5H,1,4H2. The third-order valence-corrected chi connectivity index (χ3v) is 3.65. The molecule has 0 aliphatic carbocycles. The van der Waals surface area contributed by atoms with E-state index in [1.807, 2.05) is 0 Å². The second-order valence-electron chi connectivity index (χ2n) is 3.51. The number of carbonyl (C=O) groups excluding carboxylic acids is 1. The van der Waals surface area contributed by atoms with Gasteiger partial charge in [0.2, 0.25) is 5.91 Å². The molecule has 17 heavy (non-hydrogen) atoms. The van der Waals surface area contributed by atoms with Crippen LogP contribution in [0, 0.1) is 0 Å². The van der Waals surface area contributed by atoms with Crippen LogP contribution in [-0.4, -0.2) is 36.1 Å². The second kappa shape index (κ2) is 4.19. The summed E-state index contributed by atoms with van der Waals surface area (Å²) in [5, 5.41) is -1.28. The molecule has 0 aromatic carbocycles. The van der Waals surface area contributed by atoms with Gasteiger partial charge in [0, 0.05) is 13.0 Å². The van der Waals surface area contributed by atoms with Crippen molar-refractivity contribution in [2.24, 2.45) is 0 Å². The maximum atomic E-state index is 12.8. The summed E-state index contributed by atoms with van der Waals surface area (Å²) in [6.07, 6.45) is 2.14. The normalized spacial score (nSPS) is 20.9. The highest BCUT2D eigenvalue weighted by molar-refractivity contribution is 7.87. The highest BCUT2D eigenvalue weighted by Gasteiger charge is 2.39. The Morgan fingerprint density at radius 3 is 2.71 bits per heavy atom. The Kier molecular flexibility index (Phi) is 3.00. The van der Waals surface area contributed by atoms with Crippen molar-refractivity contribution >= 4 is 33.5 Å². The minimum Gasteiger partial charge on any atom is -0.294 e. The monoisotopic (exact) mass is 279 g/mol. The highest BCUT2D eigenvalue weighted by atomic mass is 35.5. The van der Waals surface area contributed by atoms with E-state index in [0.717, 1.165) is 4.90 Å². The molecule has 92 valence electrons. The Balaban J connectivity index is 2.28. The van der Waals surface area contributed by atoms with E-state index in [1.54, 1.807) is 0 Å². The molecule has 2 heterocycles. The fourth-order valence-electron chi connectivity index (χ4n) is 1.55. The largest absolute Gasteiger partial charge is 0.307 e. The van der Waals surface area contributed by atoms with Crippen LogP contribution in [0.25, 0.3) is 0 Å². The van der Waals surface area contributed by atoms with Crippen molar-refractivity contribution in [1.29, 1.82) is 0 Å². The predicted octanol–water partition coefficient (Wildman–Crippen LogP) is 0.535. The molecule has 0 saturated carbocycles. The minimum absolute atomic E-state index is 0.0712. The lowest BCUT2D eigenvalue weighted by atomic mass is 10.4. The van der Waals surface area contributed by atoms with Gasteiger partial charge in [0.15, 0.2) is 5.82 Å². The Labute approximate surface area is 102 Å². The SMILES string of the molecule is O=C1CC(S(=O)(=O)F)CN1c1cncc(Cl)n1. The van der Waals surface area contributed by atoms with Gasteiger partial charge in [-0.2, -0.15) is 8.42 Å². The van der Waals surface area contributed by atoms with Gasteiger partial charge in [-0.05, 0) is 0 Å². The van der Waals surface area contributed by atoms with E-state index < -0.39 is 27.8 Å². The summed E-state index contributed by atoms with van der Waals surface area (Å²) in [4.78, 5) is 20.1. The predicted molar refractivity (Wildman–Crippen MR) is 57.8 cm³/mol. The van der Waals surface area contributed by atoms with Crippen LogP contribution in [0.4, 0.5) is 9.70 Å². The van der Waals surface area contributed by atoms with Crippen LogP contribution >= 0.6 is 11.6 Å². The van der Waals surface area contributed by atoms with Gasteiger partial charge in [-0.25, -0.2) is 4.98 Å². The number of anilines is 1. The van der Waals surface area contributed by atoms with E-state index in [-0.39, 0.29) is 17.5 Å². The number of amides is 1. The number of rotatable bonds is 2. The zero-order chi connectivity index (χ0) is 12.6. The van der Waals surface area contributed by atoms with E-state index in [9.17, 15) is 17.1 Å². The first kappa shape index (κ1) is 12.2. The Morgan fingerprint density at radius 1 is 1.47 bits per heavy atom. The fraction of sp³-hybridized carbons (Fsp3) is 0.375. The molecule has 1 saturated heterocycles. The van der Waals surface area contributed by atoms with Gasteiger partial charge < -0.3 is 0 Å². The number of hydrogen-bond donors (Lipinski definition) is 0. The minimum atomic E-state index is -4.73. The molecule has 6 nitrogen and oxygen atoms in total. The molecule has 1 aromatic rings. The Hall–Kier alpha value is -1.28. The summed E-state index contributed by atoms with van der Waals surface area (Å²) in [7, 11) is -4.73. The molecule has 0 radical (unpaired) electrons. The van der Waals surface area contributed by atoms with Crippen molar-refractivity contribution in [2.45, 2.75) is 11.7 Å². The third-order valence-electron chi connectivity index (χ3n) is 2.36. The third kappa shape index (κ3) is 2.52. The van der Waals surface area contributed by atoms with E-state index in [1.165, 1.54) is 12.4 Å². The van der Waals surface area contributed by atoms with Crippen LogP contribution in [0.5, 0.6) is 0 Å². The zero-order valence-electron chi connectivity index (χ0n) is 8.38. The number of nitrogens with zero attached hydrogens (tertiary/aromatic N) is 3. The van der Waals surface area contributed by atoms with Crippen LogP contribution in [0.15, 0.2) is 12.4 Å². The molecular formula is C8H7ClFN3O3S. The number of carbonyl (C=O) groups is 1. The lowest BCUT2D eigenvalue weighted by Crippen LogP contribution is -2.27. The van der Waals surface area contributed by atoms with Gasteiger partial charge in [0.25, 0.3) is 0 Å². The van der Waals surface area contributed by atoms with Crippen molar-refractivity contribution in [1.82, 2.24) is 9.97 Å². The first-order valence-corrected chi connectivity index (χ1v) is 6.42. The van der Waals surface area contributed by atoms with E-state index in [4.69, 9.17) is 11.6 Å². The summed E-state index contributed by atoms with van der Waals surface area (Å²) in [5.74, 6) is -0.401. The lowest BCUT2D eigenvalue weighted by molar-refractivity contribution is -0.117. The molecule has 9 heteroatoms. The molecule has 2 rings (SSSR count). The Morgan fingerprint density at radius 2 is 2.18 bits per heavy atom. The van der Waals surface area contributed by atoms with Crippen LogP contribution in [0.2, 0.25) is 5.15 Å². The Bertz CT molecular complexity index is 565. The zero-order valence-corrected chi connectivity index (χ0v) is 9.95. The molecule has 0 bridgehead atoms. The molecule has 1 aliphatic rings. The van der Waals surface area contributed by atoms with Gasteiger partial charge in [0.1, 0.15) is 10.4 Å². The van der Waals surface area contributed by atoms with Crippen molar-refractivity contribution in [2.75, 3.05) is 11.4 Å². The second-order valence-corrected chi connectivity index (χ2v) is 5.51. The number of aromatic nitrogens is 2. The summed E-state index contributed by atoms with van der Waals surface area (Å²) < 4.78 is 34.2. The van der Waals surface area contributed by atoms with Gasteiger partial charge in [-0.15, -0.1) is 3.89 Å². The molecule has 1 amide bonds. The van der Waals surface area contributed by atoms with E-state index in [2.05, 4.69) is 9.97 Å². The maximum absolute atomic E-state index is 12.8. The molecular weight excluding hydrogens is 273 g/mol. The van der Waals surface area contributed by atoms with Crippen LogP contribution < -0.4 is 4.90 Å². The first-order chi connectivity index (χ1) is 7.88. The van der Waals surface area contributed by atoms with Gasteiger partial charge in [0.05, 0.1) is 12.4 Å². The van der Waals surface area contributed by atoms with Crippen molar-refractivity contribution in [3.63, 3.8) is 0 Å². The van der Waals surface area contributed by atoms with Crippen molar-refractivity contribution in [3.8, 4) is 0 Å².